The lowest BCUT2D eigenvalue weighted by Crippen LogP contribution is -2.53. The number of allylic oxidation sites excluding steroid dienone is 3. The third-order valence-corrected chi connectivity index (χ3v) is 7.56. The zero-order chi connectivity index (χ0) is 21.8. The Morgan fingerprint density at radius 1 is 1.33 bits per heavy atom. The molecular weight excluding hydrogens is 424 g/mol. The first-order valence-corrected chi connectivity index (χ1v) is 11.4. The molecule has 1 aromatic rings. The van der Waals surface area contributed by atoms with Crippen molar-refractivity contribution < 1.29 is 17.9 Å². The van der Waals surface area contributed by atoms with Crippen molar-refractivity contribution >= 4 is 27.5 Å². The van der Waals surface area contributed by atoms with Gasteiger partial charge in [-0.25, -0.2) is 8.42 Å². The molecule has 0 aromatic heterocycles. The number of nitrogens with zero attached hydrogens (tertiary/aromatic N) is 1. The summed E-state index contributed by atoms with van der Waals surface area (Å²) in [5.74, 6) is 0.234. The Morgan fingerprint density at radius 2 is 2.07 bits per heavy atom. The molecule has 0 saturated carbocycles. The molecule has 1 amide bonds. The van der Waals surface area contributed by atoms with Gasteiger partial charge in [0.1, 0.15) is 5.76 Å². The normalized spacial score (nSPS) is 23.7. The number of methoxy groups -OCH3 is 1. The van der Waals surface area contributed by atoms with Crippen molar-refractivity contribution in [3.63, 3.8) is 0 Å². The number of sulfonamides is 1. The number of benzene rings is 1. The molecule has 2 aliphatic rings. The lowest BCUT2D eigenvalue weighted by Gasteiger charge is -2.39. The molecule has 2 aliphatic carbocycles. The monoisotopic (exact) mass is 448 g/mol. The van der Waals surface area contributed by atoms with Crippen molar-refractivity contribution in [1.29, 1.82) is 0 Å². The second-order valence-electron chi connectivity index (χ2n) is 7.37. The number of hydrogen-bond acceptors (Lipinski definition) is 4. The van der Waals surface area contributed by atoms with Gasteiger partial charge in [0.15, 0.2) is 0 Å². The summed E-state index contributed by atoms with van der Waals surface area (Å²) in [6.45, 7) is 1.45. The summed E-state index contributed by atoms with van der Waals surface area (Å²) in [6.07, 6.45) is 11.7. The van der Waals surface area contributed by atoms with E-state index < -0.39 is 21.5 Å². The predicted octanol–water partition coefficient (Wildman–Crippen LogP) is 3.49. The summed E-state index contributed by atoms with van der Waals surface area (Å²) in [6, 6.07) is 7.76. The molecule has 0 spiro atoms. The summed E-state index contributed by atoms with van der Waals surface area (Å²) < 4.78 is 33.4. The molecule has 1 N–H and O–H groups in total. The highest BCUT2D eigenvalue weighted by atomic mass is 35.5. The fourth-order valence-electron chi connectivity index (χ4n) is 3.40. The Morgan fingerprint density at radius 3 is 2.67 bits per heavy atom. The summed E-state index contributed by atoms with van der Waals surface area (Å²) in [5.41, 5.74) is -0.930. The third kappa shape index (κ3) is 4.86. The van der Waals surface area contributed by atoms with Crippen LogP contribution < -0.4 is 5.32 Å². The van der Waals surface area contributed by atoms with Crippen LogP contribution in [0.3, 0.4) is 0 Å². The quantitative estimate of drug-likeness (QED) is 0.692. The van der Waals surface area contributed by atoms with E-state index in [1.165, 1.54) is 16.4 Å². The molecule has 0 heterocycles. The van der Waals surface area contributed by atoms with E-state index in [0.717, 1.165) is 0 Å². The van der Waals surface area contributed by atoms with Gasteiger partial charge in [0.2, 0.25) is 15.9 Å². The van der Waals surface area contributed by atoms with Gasteiger partial charge in [0.05, 0.1) is 30.1 Å². The number of ether oxygens (including phenoxy) is 1. The number of rotatable bonds is 7. The topological polar surface area (TPSA) is 75.7 Å². The molecule has 8 heteroatoms. The molecular formula is C22H25ClN2O4S. The maximum Gasteiger partial charge on any atom is 0.244 e. The minimum Gasteiger partial charge on any atom is -0.497 e. The van der Waals surface area contributed by atoms with Crippen molar-refractivity contribution in [2.24, 2.45) is 0 Å². The minimum absolute atomic E-state index is 0.132. The van der Waals surface area contributed by atoms with Crippen LogP contribution in [0.25, 0.3) is 0 Å². The van der Waals surface area contributed by atoms with Crippen LogP contribution in [0.4, 0.5) is 0 Å². The fourth-order valence-corrected chi connectivity index (χ4v) is 5.35. The van der Waals surface area contributed by atoms with Gasteiger partial charge in [0.25, 0.3) is 0 Å². The summed E-state index contributed by atoms with van der Waals surface area (Å²) in [7, 11) is -2.39. The zero-order valence-electron chi connectivity index (χ0n) is 16.9. The lowest BCUT2D eigenvalue weighted by atomic mass is 9.93. The molecule has 0 bridgehead atoms. The molecule has 2 unspecified atom stereocenters. The molecule has 30 heavy (non-hydrogen) atoms. The molecule has 6 nitrogen and oxygen atoms in total. The van der Waals surface area contributed by atoms with Gasteiger partial charge in [0, 0.05) is 5.03 Å². The van der Waals surface area contributed by atoms with Crippen molar-refractivity contribution in [2.45, 2.75) is 36.2 Å². The largest absolute Gasteiger partial charge is 0.497 e. The van der Waals surface area contributed by atoms with Gasteiger partial charge in [-0.2, -0.15) is 4.31 Å². The van der Waals surface area contributed by atoms with E-state index in [4.69, 9.17) is 16.3 Å². The fraction of sp³-hybridized carbons (Fsp3) is 0.318. The molecule has 160 valence electrons. The van der Waals surface area contributed by atoms with E-state index in [0.29, 0.717) is 23.6 Å². The van der Waals surface area contributed by atoms with Crippen LogP contribution in [-0.4, -0.2) is 43.9 Å². The number of carbonyl (C=O) groups excluding carboxylic acids is 1. The van der Waals surface area contributed by atoms with Crippen LogP contribution in [0.15, 0.2) is 82.5 Å². The predicted molar refractivity (Wildman–Crippen MR) is 117 cm³/mol. The van der Waals surface area contributed by atoms with Crippen molar-refractivity contribution in [3.8, 4) is 0 Å². The van der Waals surface area contributed by atoms with Crippen LogP contribution in [0.5, 0.6) is 0 Å². The van der Waals surface area contributed by atoms with Crippen molar-refractivity contribution in [2.75, 3.05) is 13.7 Å². The Kier molecular flexibility index (Phi) is 6.85. The number of carbonyl (C=O) groups is 1. The Bertz CT molecular complexity index is 1010. The number of hydrogen-bond donors (Lipinski definition) is 1. The first-order chi connectivity index (χ1) is 14.3. The van der Waals surface area contributed by atoms with E-state index >= 15 is 0 Å². The van der Waals surface area contributed by atoms with Gasteiger partial charge >= 0.3 is 0 Å². The smallest absolute Gasteiger partial charge is 0.244 e. The summed E-state index contributed by atoms with van der Waals surface area (Å²) >= 11 is 6.19. The van der Waals surface area contributed by atoms with Crippen LogP contribution >= 0.6 is 11.6 Å². The highest BCUT2D eigenvalue weighted by molar-refractivity contribution is 7.89. The maximum absolute atomic E-state index is 13.5. The molecule has 0 aliphatic heterocycles. The van der Waals surface area contributed by atoms with Crippen molar-refractivity contribution in [3.05, 3.63) is 77.6 Å². The molecule has 3 rings (SSSR count). The van der Waals surface area contributed by atoms with Crippen LogP contribution in [0, 0.1) is 0 Å². The van der Waals surface area contributed by atoms with Gasteiger partial charge < -0.3 is 10.1 Å². The average molecular weight is 449 g/mol. The van der Waals surface area contributed by atoms with E-state index in [1.54, 1.807) is 50.5 Å². The minimum atomic E-state index is -3.94. The summed E-state index contributed by atoms with van der Waals surface area (Å²) in [5, 5.41) is 3.35. The van der Waals surface area contributed by atoms with Crippen molar-refractivity contribution in [1.82, 2.24) is 9.62 Å². The Hall–Kier alpha value is -2.35. The SMILES string of the molecule is COC1=CCC(C)(N(CC(=O)NC2CC=CC=C2Cl)S(=O)(=O)c2ccccc2)C=C1. The van der Waals surface area contributed by atoms with Gasteiger partial charge in [-0.1, -0.05) is 48.0 Å². The number of nitrogens with one attached hydrogen (secondary N) is 1. The van der Waals surface area contributed by atoms with Gasteiger partial charge in [-0.3, -0.25) is 4.79 Å². The maximum atomic E-state index is 13.5. The van der Waals surface area contributed by atoms with E-state index in [-0.39, 0.29) is 17.5 Å². The highest BCUT2D eigenvalue weighted by Gasteiger charge is 2.41. The average Bonchev–Trinajstić information content (AvgIpc) is 2.75. The van der Waals surface area contributed by atoms with Gasteiger partial charge in [-0.05, 0) is 50.1 Å². The second kappa shape index (κ2) is 9.20. The Labute approximate surface area is 182 Å². The summed E-state index contributed by atoms with van der Waals surface area (Å²) in [4.78, 5) is 13.0. The van der Waals surface area contributed by atoms with Crippen LogP contribution in [0.1, 0.15) is 19.8 Å². The standard InChI is InChI=1S/C22H25ClN2O4S/c1-22(14-12-17(29-2)13-15-22)25(30(27,28)18-8-4-3-5-9-18)16-21(26)24-20-11-7-6-10-19(20)23/h3-10,12-14,20H,11,15-16H2,1-2H3,(H,24,26). The number of halogens is 1. The number of amides is 1. The second-order valence-corrected chi connectivity index (χ2v) is 9.66. The van der Waals surface area contributed by atoms with Crippen LogP contribution in [-0.2, 0) is 19.6 Å². The molecule has 0 saturated heterocycles. The lowest BCUT2D eigenvalue weighted by molar-refractivity contribution is -0.122. The first kappa shape index (κ1) is 22.3. The third-order valence-electron chi connectivity index (χ3n) is 5.18. The van der Waals surface area contributed by atoms with E-state index in [1.807, 2.05) is 18.2 Å². The molecule has 0 fully saturated rings. The molecule has 2 atom stereocenters. The van der Waals surface area contributed by atoms with Gasteiger partial charge in [-0.15, -0.1) is 0 Å². The van der Waals surface area contributed by atoms with Crippen LogP contribution in [0.2, 0.25) is 0 Å². The van der Waals surface area contributed by atoms with E-state index in [2.05, 4.69) is 5.32 Å². The highest BCUT2D eigenvalue weighted by Crippen LogP contribution is 2.32. The molecule has 1 aromatic carbocycles. The zero-order valence-corrected chi connectivity index (χ0v) is 18.5. The molecule has 0 radical (unpaired) electrons. The van der Waals surface area contributed by atoms with E-state index in [9.17, 15) is 13.2 Å². The Balaban J connectivity index is 1.89. The first-order valence-electron chi connectivity index (χ1n) is 9.59.